The molecule has 7 heteroatoms. The molecule has 3 rings (SSSR count). The van der Waals surface area contributed by atoms with Crippen molar-refractivity contribution in [2.24, 2.45) is 5.92 Å². The molecular formula is C19H25NO6. The average Bonchev–Trinajstić information content (AvgIpc) is 3.04. The number of carbonyl (C=O) groups is 2. The third-order valence-electron chi connectivity index (χ3n) is 5.29. The number of esters is 1. The third-order valence-corrected chi connectivity index (χ3v) is 5.29. The molecular weight excluding hydrogens is 338 g/mol. The maximum Gasteiger partial charge on any atom is 0.302 e. The minimum atomic E-state index is -2.00. The molecule has 2 fully saturated rings. The van der Waals surface area contributed by atoms with Crippen LogP contribution in [0.5, 0.6) is 0 Å². The van der Waals surface area contributed by atoms with E-state index in [-0.39, 0.29) is 12.5 Å². The highest BCUT2D eigenvalue weighted by Gasteiger charge is 2.73. The normalized spacial score (nSPS) is 34.9. The van der Waals surface area contributed by atoms with E-state index in [1.54, 1.807) is 0 Å². The fourth-order valence-corrected chi connectivity index (χ4v) is 4.16. The molecule has 26 heavy (non-hydrogen) atoms. The number of carbonyl (C=O) groups excluding carboxylic acids is 2. The summed E-state index contributed by atoms with van der Waals surface area (Å²) in [5.74, 6) is -1.38. The molecule has 5 atom stereocenters. The zero-order chi connectivity index (χ0) is 19.3. The van der Waals surface area contributed by atoms with Crippen LogP contribution in [0.4, 0.5) is 0 Å². The SMILES string of the molecule is CC(=O)O[C@@H](C(C)C)[C@@]12CO[C@@H](c3ccccc3)N1C(=O)[C@](C)(O)[C@@H]2O. The Labute approximate surface area is 152 Å². The van der Waals surface area contributed by atoms with Crippen LogP contribution in [0.1, 0.15) is 39.5 Å². The topological polar surface area (TPSA) is 96.3 Å². The van der Waals surface area contributed by atoms with Gasteiger partial charge in [-0.05, 0) is 12.8 Å². The van der Waals surface area contributed by atoms with Crippen LogP contribution in [0.2, 0.25) is 0 Å². The molecule has 2 aliphatic rings. The minimum Gasteiger partial charge on any atom is -0.460 e. The van der Waals surface area contributed by atoms with E-state index in [0.29, 0.717) is 0 Å². The summed E-state index contributed by atoms with van der Waals surface area (Å²) in [5, 5.41) is 21.7. The van der Waals surface area contributed by atoms with Crippen molar-refractivity contribution in [3.8, 4) is 0 Å². The Balaban J connectivity index is 2.14. The lowest BCUT2D eigenvalue weighted by molar-refractivity contribution is -0.166. The van der Waals surface area contributed by atoms with Gasteiger partial charge in [0.1, 0.15) is 17.7 Å². The molecule has 0 saturated carbocycles. The lowest BCUT2D eigenvalue weighted by Crippen LogP contribution is -2.62. The third kappa shape index (κ3) is 2.53. The second kappa shape index (κ2) is 6.33. The molecule has 2 N–H and O–H groups in total. The molecule has 0 radical (unpaired) electrons. The molecule has 142 valence electrons. The van der Waals surface area contributed by atoms with Gasteiger partial charge in [-0.3, -0.25) is 14.5 Å². The molecule has 0 unspecified atom stereocenters. The van der Waals surface area contributed by atoms with Crippen molar-refractivity contribution in [3.05, 3.63) is 35.9 Å². The van der Waals surface area contributed by atoms with E-state index in [2.05, 4.69) is 0 Å². The molecule has 0 aliphatic carbocycles. The Morgan fingerprint density at radius 1 is 1.35 bits per heavy atom. The first kappa shape index (κ1) is 18.8. The molecule has 0 bridgehead atoms. The number of amides is 1. The number of aliphatic hydroxyl groups is 2. The van der Waals surface area contributed by atoms with Crippen LogP contribution in [-0.4, -0.2) is 56.9 Å². The summed E-state index contributed by atoms with van der Waals surface area (Å²) in [6, 6.07) is 9.10. The first-order valence-electron chi connectivity index (χ1n) is 8.72. The summed E-state index contributed by atoms with van der Waals surface area (Å²) in [6.45, 7) is 6.18. The van der Waals surface area contributed by atoms with Crippen molar-refractivity contribution >= 4 is 11.9 Å². The number of aliphatic hydroxyl groups excluding tert-OH is 1. The molecule has 1 aromatic carbocycles. The number of nitrogens with zero attached hydrogens (tertiary/aromatic N) is 1. The summed E-state index contributed by atoms with van der Waals surface area (Å²) in [6.07, 6.45) is -3.08. The molecule has 0 spiro atoms. The molecule has 1 aromatic rings. The Morgan fingerprint density at radius 3 is 2.50 bits per heavy atom. The second-order valence-corrected chi connectivity index (χ2v) is 7.56. The highest BCUT2D eigenvalue weighted by molar-refractivity contribution is 5.90. The van der Waals surface area contributed by atoms with Gasteiger partial charge >= 0.3 is 5.97 Å². The standard InChI is InChI=1S/C19H25NO6/c1-11(2)14(26-12(3)21)19-10-25-15(13-8-6-5-7-9-13)20(19)17(23)18(4,24)16(19)22/h5-9,11,14-16,22,24H,10H2,1-4H3/t14-,15-,16-,18+,19+/m0/s1. The van der Waals surface area contributed by atoms with Gasteiger partial charge in [0.05, 0.1) is 6.61 Å². The van der Waals surface area contributed by atoms with Gasteiger partial charge in [0.2, 0.25) is 0 Å². The van der Waals surface area contributed by atoms with Gasteiger partial charge < -0.3 is 19.7 Å². The average molecular weight is 363 g/mol. The van der Waals surface area contributed by atoms with Crippen molar-refractivity contribution in [3.63, 3.8) is 0 Å². The monoisotopic (exact) mass is 363 g/mol. The summed E-state index contributed by atoms with van der Waals surface area (Å²) < 4.78 is 11.4. The second-order valence-electron chi connectivity index (χ2n) is 7.56. The Kier molecular flexibility index (Phi) is 4.58. The van der Waals surface area contributed by atoms with Gasteiger partial charge in [-0.25, -0.2) is 0 Å². The molecule has 2 aliphatic heterocycles. The van der Waals surface area contributed by atoms with Crippen LogP contribution >= 0.6 is 0 Å². The lowest BCUT2D eigenvalue weighted by Gasteiger charge is -2.42. The first-order valence-corrected chi connectivity index (χ1v) is 8.72. The first-order chi connectivity index (χ1) is 12.1. The van der Waals surface area contributed by atoms with Crippen molar-refractivity contribution in [1.29, 1.82) is 0 Å². The van der Waals surface area contributed by atoms with E-state index in [4.69, 9.17) is 9.47 Å². The zero-order valence-electron chi connectivity index (χ0n) is 15.4. The number of ether oxygens (including phenoxy) is 2. The van der Waals surface area contributed by atoms with E-state index in [1.165, 1.54) is 18.7 Å². The highest BCUT2D eigenvalue weighted by atomic mass is 16.6. The van der Waals surface area contributed by atoms with Crippen LogP contribution in [0.3, 0.4) is 0 Å². The number of benzene rings is 1. The van der Waals surface area contributed by atoms with E-state index in [1.807, 2.05) is 44.2 Å². The number of fused-ring (bicyclic) bond motifs is 1. The van der Waals surface area contributed by atoms with Crippen LogP contribution in [0, 0.1) is 5.92 Å². The van der Waals surface area contributed by atoms with Gasteiger partial charge in [0, 0.05) is 12.5 Å². The van der Waals surface area contributed by atoms with Gasteiger partial charge in [0.25, 0.3) is 5.91 Å². The van der Waals surface area contributed by atoms with Gasteiger partial charge in [0.15, 0.2) is 11.8 Å². The Morgan fingerprint density at radius 2 is 1.96 bits per heavy atom. The van der Waals surface area contributed by atoms with E-state index in [0.717, 1.165) is 5.56 Å². The number of rotatable bonds is 4. The predicted octanol–water partition coefficient (Wildman–Crippen LogP) is 0.996. The van der Waals surface area contributed by atoms with Crippen LogP contribution < -0.4 is 0 Å². The lowest BCUT2D eigenvalue weighted by atomic mass is 9.78. The maximum absolute atomic E-state index is 13.0. The van der Waals surface area contributed by atoms with Gasteiger partial charge in [-0.2, -0.15) is 0 Å². The van der Waals surface area contributed by atoms with Crippen molar-refractivity contribution in [1.82, 2.24) is 4.90 Å². The minimum absolute atomic E-state index is 0.0499. The smallest absolute Gasteiger partial charge is 0.302 e. The predicted molar refractivity (Wildman–Crippen MR) is 91.7 cm³/mol. The fourth-order valence-electron chi connectivity index (χ4n) is 4.16. The molecule has 1 amide bonds. The highest BCUT2D eigenvalue weighted by Crippen LogP contribution is 2.51. The van der Waals surface area contributed by atoms with E-state index in [9.17, 15) is 19.8 Å². The molecule has 7 nitrogen and oxygen atoms in total. The summed E-state index contributed by atoms with van der Waals surface area (Å²) in [7, 11) is 0. The summed E-state index contributed by atoms with van der Waals surface area (Å²) in [4.78, 5) is 26.1. The van der Waals surface area contributed by atoms with Crippen LogP contribution in [0.15, 0.2) is 30.3 Å². The van der Waals surface area contributed by atoms with E-state index >= 15 is 0 Å². The molecule has 2 saturated heterocycles. The number of hydrogen-bond donors (Lipinski definition) is 2. The zero-order valence-corrected chi connectivity index (χ0v) is 15.4. The van der Waals surface area contributed by atoms with Crippen LogP contribution in [0.25, 0.3) is 0 Å². The largest absolute Gasteiger partial charge is 0.460 e. The Hall–Kier alpha value is -1.96. The Bertz CT molecular complexity index is 703. The fraction of sp³-hybridized carbons (Fsp3) is 0.579. The number of hydrogen-bond acceptors (Lipinski definition) is 6. The molecule has 2 heterocycles. The van der Waals surface area contributed by atoms with Gasteiger partial charge in [-0.15, -0.1) is 0 Å². The van der Waals surface area contributed by atoms with Gasteiger partial charge in [-0.1, -0.05) is 44.2 Å². The molecule has 0 aromatic heterocycles. The van der Waals surface area contributed by atoms with Crippen molar-refractivity contribution < 1.29 is 29.3 Å². The maximum atomic E-state index is 13.0. The van der Waals surface area contributed by atoms with Crippen molar-refractivity contribution in [2.75, 3.05) is 6.61 Å². The summed E-state index contributed by atoms with van der Waals surface area (Å²) in [5.41, 5.74) is -2.64. The van der Waals surface area contributed by atoms with Crippen molar-refractivity contribution in [2.45, 2.75) is 57.3 Å². The van der Waals surface area contributed by atoms with Crippen LogP contribution in [-0.2, 0) is 19.1 Å². The quantitative estimate of drug-likeness (QED) is 0.775. The van der Waals surface area contributed by atoms with E-state index < -0.39 is 41.5 Å². The summed E-state index contributed by atoms with van der Waals surface area (Å²) >= 11 is 0.